The molecule has 1 saturated heterocycles. The first-order valence-corrected chi connectivity index (χ1v) is 6.09. The maximum Gasteiger partial charge on any atom is 0.0931 e. The smallest absolute Gasteiger partial charge is 0.0931 e. The Bertz CT molecular complexity index is 499. The third-order valence-corrected chi connectivity index (χ3v) is 4.15. The Morgan fingerprint density at radius 2 is 1.76 bits per heavy atom. The average Bonchev–Trinajstić information content (AvgIpc) is 2.55. The highest BCUT2D eigenvalue weighted by Crippen LogP contribution is 2.41. The van der Waals surface area contributed by atoms with Gasteiger partial charge in [0, 0.05) is 13.1 Å². The summed E-state index contributed by atoms with van der Waals surface area (Å²) in [6, 6.07) is 4.62. The number of aromatic nitrogens is 2. The second-order valence-electron chi connectivity index (χ2n) is 5.03. The van der Waals surface area contributed by atoms with E-state index in [4.69, 9.17) is 0 Å². The van der Waals surface area contributed by atoms with Gasteiger partial charge in [-0.1, -0.05) is 0 Å². The molecule has 2 N–H and O–H groups in total. The predicted molar refractivity (Wildman–Crippen MR) is 70.9 cm³/mol. The van der Waals surface area contributed by atoms with Crippen molar-refractivity contribution in [3.8, 4) is 0 Å². The molecule has 2 aromatic rings. The Morgan fingerprint density at radius 3 is 2.53 bits per heavy atom. The summed E-state index contributed by atoms with van der Waals surface area (Å²) in [5.41, 5.74) is 5.40. The minimum absolute atomic E-state index is 0. The molecule has 2 atom stereocenters. The van der Waals surface area contributed by atoms with E-state index in [1.807, 2.05) is 0 Å². The molecule has 2 unspecified atom stereocenters. The molecule has 2 bridgehead atoms. The lowest BCUT2D eigenvalue weighted by Gasteiger charge is -2.26. The van der Waals surface area contributed by atoms with Crippen LogP contribution in [0.25, 0.3) is 11.0 Å². The number of aromatic amines is 1. The Morgan fingerprint density at radius 1 is 1.06 bits per heavy atom. The van der Waals surface area contributed by atoms with E-state index in [-0.39, 0.29) is 12.4 Å². The molecule has 5 rings (SSSR count). The van der Waals surface area contributed by atoms with Crippen LogP contribution in [0.1, 0.15) is 35.8 Å². The molecule has 1 aliphatic carbocycles. The van der Waals surface area contributed by atoms with Gasteiger partial charge in [0.05, 0.1) is 17.4 Å². The van der Waals surface area contributed by atoms with Crippen molar-refractivity contribution in [2.75, 3.05) is 13.1 Å². The van der Waals surface area contributed by atoms with E-state index < -0.39 is 0 Å². The zero-order valence-electron chi connectivity index (χ0n) is 9.57. The topological polar surface area (TPSA) is 40.7 Å². The van der Waals surface area contributed by atoms with Crippen LogP contribution in [0, 0.1) is 0 Å². The second kappa shape index (κ2) is 4.00. The van der Waals surface area contributed by atoms with E-state index >= 15 is 0 Å². The lowest BCUT2D eigenvalue weighted by atomic mass is 9.78. The van der Waals surface area contributed by atoms with Crippen LogP contribution in [0.15, 0.2) is 18.5 Å². The van der Waals surface area contributed by atoms with Gasteiger partial charge in [-0.2, -0.15) is 0 Å². The number of halogens is 1. The number of benzene rings is 1. The van der Waals surface area contributed by atoms with Crippen LogP contribution in [0.3, 0.4) is 0 Å². The zero-order chi connectivity index (χ0) is 10.5. The van der Waals surface area contributed by atoms with E-state index in [9.17, 15) is 0 Å². The third-order valence-electron chi connectivity index (χ3n) is 4.15. The Balaban J connectivity index is 0.000000902. The van der Waals surface area contributed by atoms with Crippen molar-refractivity contribution in [3.63, 3.8) is 0 Å². The number of hydrogen-bond donors (Lipinski definition) is 2. The fourth-order valence-corrected chi connectivity index (χ4v) is 3.29. The van der Waals surface area contributed by atoms with Crippen molar-refractivity contribution < 1.29 is 0 Å². The van der Waals surface area contributed by atoms with Gasteiger partial charge >= 0.3 is 0 Å². The lowest BCUT2D eigenvalue weighted by molar-refractivity contribution is 0.550. The molecule has 2 aliphatic heterocycles. The summed E-state index contributed by atoms with van der Waals surface area (Å²) in [5.74, 6) is 1.41. The van der Waals surface area contributed by atoms with Crippen LogP contribution in [-0.2, 0) is 0 Å². The standard InChI is InChI=1S/C13H15N3.ClH/c1-2-9-6-14-5-8(1)10-3-12-13(4-11(9)10)16-7-15-12;/h3-4,7-9,14H,1-2,5-6H2,(H,15,16);1H. The van der Waals surface area contributed by atoms with Gasteiger partial charge in [0.2, 0.25) is 0 Å². The lowest BCUT2D eigenvalue weighted by Crippen LogP contribution is -2.18. The van der Waals surface area contributed by atoms with Crippen LogP contribution in [0.5, 0.6) is 0 Å². The third kappa shape index (κ3) is 1.57. The summed E-state index contributed by atoms with van der Waals surface area (Å²) in [4.78, 5) is 7.58. The van der Waals surface area contributed by atoms with E-state index in [2.05, 4.69) is 27.4 Å². The van der Waals surface area contributed by atoms with Gasteiger partial charge in [-0.3, -0.25) is 0 Å². The molecule has 0 spiro atoms. The summed E-state index contributed by atoms with van der Waals surface area (Å²) in [6.45, 7) is 2.28. The number of hydrogen-bond acceptors (Lipinski definition) is 2. The molecule has 1 aromatic heterocycles. The molecule has 4 heteroatoms. The molecule has 3 heterocycles. The fourth-order valence-electron chi connectivity index (χ4n) is 3.29. The Labute approximate surface area is 106 Å². The van der Waals surface area contributed by atoms with Crippen LogP contribution in [0.2, 0.25) is 0 Å². The van der Waals surface area contributed by atoms with Gasteiger partial charge < -0.3 is 10.3 Å². The molecular formula is C13H16ClN3. The summed E-state index contributed by atoms with van der Waals surface area (Å²) < 4.78 is 0. The van der Waals surface area contributed by atoms with Crippen LogP contribution in [0.4, 0.5) is 0 Å². The van der Waals surface area contributed by atoms with Crippen molar-refractivity contribution in [2.45, 2.75) is 24.7 Å². The van der Waals surface area contributed by atoms with Crippen LogP contribution in [-0.4, -0.2) is 23.1 Å². The number of rotatable bonds is 0. The SMILES string of the molecule is Cl.c1nc2cc3c(cc2[nH]1)C1CCC3CNC1. The average molecular weight is 250 g/mol. The molecule has 0 saturated carbocycles. The first-order valence-electron chi connectivity index (χ1n) is 6.09. The highest BCUT2D eigenvalue weighted by atomic mass is 35.5. The number of imidazole rings is 1. The van der Waals surface area contributed by atoms with Gasteiger partial charge in [-0.25, -0.2) is 4.98 Å². The first-order chi connectivity index (χ1) is 7.92. The van der Waals surface area contributed by atoms with E-state index in [0.29, 0.717) is 11.8 Å². The molecule has 90 valence electrons. The Kier molecular flexibility index (Phi) is 2.60. The van der Waals surface area contributed by atoms with Crippen LogP contribution >= 0.6 is 12.4 Å². The van der Waals surface area contributed by atoms with Gasteiger partial charge in [0.15, 0.2) is 0 Å². The molecule has 0 amide bonds. The van der Waals surface area contributed by atoms with E-state index in [1.54, 1.807) is 17.5 Å². The minimum atomic E-state index is 0. The van der Waals surface area contributed by atoms with Crippen molar-refractivity contribution in [1.29, 1.82) is 0 Å². The highest BCUT2D eigenvalue weighted by Gasteiger charge is 2.30. The molecule has 17 heavy (non-hydrogen) atoms. The maximum atomic E-state index is 4.37. The molecule has 1 fully saturated rings. The summed E-state index contributed by atoms with van der Waals surface area (Å²) in [6.07, 6.45) is 4.47. The number of H-pyrrole nitrogens is 1. The first kappa shape index (κ1) is 11.1. The quantitative estimate of drug-likeness (QED) is 0.753. The second-order valence-corrected chi connectivity index (χ2v) is 5.03. The predicted octanol–water partition coefficient (Wildman–Crippen LogP) is 2.55. The number of fused-ring (bicyclic) bond motifs is 4. The monoisotopic (exact) mass is 249 g/mol. The molecule has 3 nitrogen and oxygen atoms in total. The molecule has 1 aromatic carbocycles. The van der Waals surface area contributed by atoms with E-state index in [0.717, 1.165) is 18.6 Å². The van der Waals surface area contributed by atoms with Gasteiger partial charge in [-0.05, 0) is 47.9 Å². The van der Waals surface area contributed by atoms with Crippen molar-refractivity contribution in [3.05, 3.63) is 29.6 Å². The van der Waals surface area contributed by atoms with Gasteiger partial charge in [0.25, 0.3) is 0 Å². The number of nitrogens with zero attached hydrogens (tertiary/aromatic N) is 1. The normalized spacial score (nSPS) is 26.4. The number of nitrogens with one attached hydrogen (secondary N) is 2. The zero-order valence-corrected chi connectivity index (χ0v) is 10.4. The minimum Gasteiger partial charge on any atom is -0.345 e. The van der Waals surface area contributed by atoms with Crippen molar-refractivity contribution >= 4 is 23.4 Å². The van der Waals surface area contributed by atoms with Gasteiger partial charge in [0.1, 0.15) is 0 Å². The molecule has 0 radical (unpaired) electrons. The van der Waals surface area contributed by atoms with Crippen LogP contribution < -0.4 is 5.32 Å². The van der Waals surface area contributed by atoms with E-state index in [1.165, 1.54) is 18.4 Å². The summed E-state index contributed by atoms with van der Waals surface area (Å²) in [7, 11) is 0. The Hall–Kier alpha value is -1.06. The highest BCUT2D eigenvalue weighted by molar-refractivity contribution is 5.85. The molecular weight excluding hydrogens is 234 g/mol. The summed E-state index contributed by atoms with van der Waals surface area (Å²) >= 11 is 0. The summed E-state index contributed by atoms with van der Waals surface area (Å²) in [5, 5.41) is 3.57. The largest absolute Gasteiger partial charge is 0.345 e. The van der Waals surface area contributed by atoms with Crippen molar-refractivity contribution in [2.24, 2.45) is 0 Å². The van der Waals surface area contributed by atoms with Gasteiger partial charge in [-0.15, -0.1) is 12.4 Å². The van der Waals surface area contributed by atoms with Crippen molar-refractivity contribution in [1.82, 2.24) is 15.3 Å². The fraction of sp³-hybridized carbons (Fsp3) is 0.462. The molecule has 3 aliphatic rings. The maximum absolute atomic E-state index is 4.37.